The Kier molecular flexibility index (Phi) is 4.21. The molecule has 0 atom stereocenters. The molecule has 0 saturated heterocycles. The first kappa shape index (κ1) is 12.4. The number of hydrogen-bond acceptors (Lipinski definition) is 3. The standard InChI is InChI=1S/C9H8ClFN2O3/c10-5-2-1-3-6(11)8(5)9(15)13-16-4-7(12)14/h1-3H,4H2,(H2,12,14)(H,13,15). The second kappa shape index (κ2) is 5.43. The fourth-order valence-electron chi connectivity index (χ4n) is 0.939. The molecule has 0 saturated carbocycles. The normalized spacial score (nSPS) is 9.88. The Morgan fingerprint density at radius 3 is 2.75 bits per heavy atom. The van der Waals surface area contributed by atoms with Crippen LogP contribution in [0.5, 0.6) is 0 Å². The van der Waals surface area contributed by atoms with Crippen LogP contribution < -0.4 is 11.2 Å². The molecule has 5 nitrogen and oxygen atoms in total. The number of hydroxylamine groups is 1. The van der Waals surface area contributed by atoms with Gasteiger partial charge in [0, 0.05) is 0 Å². The highest BCUT2D eigenvalue weighted by Crippen LogP contribution is 2.18. The summed E-state index contributed by atoms with van der Waals surface area (Å²) in [6.07, 6.45) is 0. The summed E-state index contributed by atoms with van der Waals surface area (Å²) in [5.41, 5.74) is 6.26. The lowest BCUT2D eigenvalue weighted by Gasteiger charge is -2.06. The molecule has 0 aliphatic carbocycles. The number of primary amides is 1. The van der Waals surface area contributed by atoms with Crippen LogP contribution in [0.15, 0.2) is 18.2 Å². The molecule has 86 valence electrons. The molecule has 3 N–H and O–H groups in total. The van der Waals surface area contributed by atoms with Crippen LogP contribution >= 0.6 is 11.6 Å². The Hall–Kier alpha value is -1.66. The summed E-state index contributed by atoms with van der Waals surface area (Å²) in [7, 11) is 0. The van der Waals surface area contributed by atoms with E-state index in [1.54, 1.807) is 0 Å². The second-order valence-electron chi connectivity index (χ2n) is 2.78. The van der Waals surface area contributed by atoms with E-state index in [1.165, 1.54) is 12.1 Å². The van der Waals surface area contributed by atoms with Crippen LogP contribution in [0.25, 0.3) is 0 Å². The van der Waals surface area contributed by atoms with Crippen molar-refractivity contribution in [1.82, 2.24) is 5.48 Å². The first-order chi connectivity index (χ1) is 7.52. The van der Waals surface area contributed by atoms with Gasteiger partial charge in [-0.15, -0.1) is 0 Å². The summed E-state index contributed by atoms with van der Waals surface area (Å²) in [5.74, 6) is -2.43. The lowest BCUT2D eigenvalue weighted by molar-refractivity contribution is -0.124. The predicted molar refractivity (Wildman–Crippen MR) is 54.0 cm³/mol. The van der Waals surface area contributed by atoms with Gasteiger partial charge < -0.3 is 5.73 Å². The van der Waals surface area contributed by atoms with E-state index in [-0.39, 0.29) is 10.6 Å². The molecule has 16 heavy (non-hydrogen) atoms. The average molecular weight is 247 g/mol. The van der Waals surface area contributed by atoms with Crippen LogP contribution in [0.1, 0.15) is 10.4 Å². The molecule has 0 spiro atoms. The summed E-state index contributed by atoms with van der Waals surface area (Å²) in [6, 6.07) is 3.79. The van der Waals surface area contributed by atoms with Gasteiger partial charge in [0.2, 0.25) is 5.91 Å². The van der Waals surface area contributed by atoms with Crippen molar-refractivity contribution in [1.29, 1.82) is 0 Å². The van der Waals surface area contributed by atoms with E-state index in [2.05, 4.69) is 4.84 Å². The van der Waals surface area contributed by atoms with Crippen LogP contribution in [0.3, 0.4) is 0 Å². The quantitative estimate of drug-likeness (QED) is 0.765. The van der Waals surface area contributed by atoms with Gasteiger partial charge in [-0.1, -0.05) is 17.7 Å². The largest absolute Gasteiger partial charge is 0.368 e. The van der Waals surface area contributed by atoms with Gasteiger partial charge in [-0.25, -0.2) is 9.87 Å². The van der Waals surface area contributed by atoms with E-state index >= 15 is 0 Å². The first-order valence-corrected chi connectivity index (χ1v) is 4.54. The predicted octanol–water partition coefficient (Wildman–Crippen LogP) is 0.626. The van der Waals surface area contributed by atoms with Gasteiger partial charge in [-0.2, -0.15) is 0 Å². The Morgan fingerprint density at radius 2 is 2.19 bits per heavy atom. The molecule has 7 heteroatoms. The molecule has 0 bridgehead atoms. The van der Waals surface area contributed by atoms with Crippen molar-refractivity contribution in [2.24, 2.45) is 5.73 Å². The van der Waals surface area contributed by atoms with Gasteiger partial charge in [-0.3, -0.25) is 14.4 Å². The minimum absolute atomic E-state index is 0.0554. The summed E-state index contributed by atoms with van der Waals surface area (Å²) in [4.78, 5) is 26.1. The third-order valence-corrected chi connectivity index (χ3v) is 1.88. The molecular formula is C9H8ClFN2O3. The molecule has 1 aromatic carbocycles. The summed E-state index contributed by atoms with van der Waals surface area (Å²) in [5, 5.41) is -0.0554. The zero-order chi connectivity index (χ0) is 12.1. The van der Waals surface area contributed by atoms with Crippen LogP contribution in [0, 0.1) is 5.82 Å². The van der Waals surface area contributed by atoms with Gasteiger partial charge >= 0.3 is 0 Å². The molecule has 0 heterocycles. The van der Waals surface area contributed by atoms with E-state index in [4.69, 9.17) is 17.3 Å². The molecule has 0 aromatic heterocycles. The Morgan fingerprint density at radius 1 is 1.50 bits per heavy atom. The maximum atomic E-state index is 13.2. The molecule has 0 aliphatic heterocycles. The highest BCUT2D eigenvalue weighted by atomic mass is 35.5. The van der Waals surface area contributed by atoms with Crippen molar-refractivity contribution in [2.45, 2.75) is 0 Å². The van der Waals surface area contributed by atoms with Crippen LogP contribution in [0.4, 0.5) is 4.39 Å². The SMILES string of the molecule is NC(=O)CONC(=O)c1c(F)cccc1Cl. The van der Waals surface area contributed by atoms with Gasteiger partial charge in [0.15, 0.2) is 6.61 Å². The van der Waals surface area contributed by atoms with E-state index in [0.29, 0.717) is 0 Å². The van der Waals surface area contributed by atoms with Gasteiger partial charge in [0.25, 0.3) is 5.91 Å². The van der Waals surface area contributed by atoms with Gasteiger partial charge in [-0.05, 0) is 12.1 Å². The molecule has 0 fully saturated rings. The van der Waals surface area contributed by atoms with Crippen molar-refractivity contribution in [3.05, 3.63) is 34.6 Å². The summed E-state index contributed by atoms with van der Waals surface area (Å²) in [6.45, 7) is -0.502. The van der Waals surface area contributed by atoms with Gasteiger partial charge in [0.1, 0.15) is 5.82 Å². The fourth-order valence-corrected chi connectivity index (χ4v) is 1.19. The third kappa shape index (κ3) is 3.18. The number of halogens is 2. The molecule has 0 unspecified atom stereocenters. The molecule has 2 amide bonds. The van der Waals surface area contributed by atoms with Crippen molar-refractivity contribution < 1.29 is 18.8 Å². The molecular weight excluding hydrogens is 239 g/mol. The zero-order valence-electron chi connectivity index (χ0n) is 8.00. The molecule has 0 aliphatic rings. The topological polar surface area (TPSA) is 81.4 Å². The van der Waals surface area contributed by atoms with Crippen molar-refractivity contribution >= 4 is 23.4 Å². The Bertz CT molecular complexity index is 405. The minimum atomic E-state index is -0.885. The van der Waals surface area contributed by atoms with Crippen molar-refractivity contribution in [3.8, 4) is 0 Å². The van der Waals surface area contributed by atoms with E-state index in [0.717, 1.165) is 6.07 Å². The monoisotopic (exact) mass is 246 g/mol. The Balaban J connectivity index is 2.70. The number of rotatable bonds is 4. The average Bonchev–Trinajstić information content (AvgIpc) is 2.16. The Labute approximate surface area is 95.3 Å². The lowest BCUT2D eigenvalue weighted by Crippen LogP contribution is -2.30. The molecule has 1 rings (SSSR count). The minimum Gasteiger partial charge on any atom is -0.368 e. The maximum absolute atomic E-state index is 13.2. The van der Waals surface area contributed by atoms with E-state index in [9.17, 15) is 14.0 Å². The first-order valence-electron chi connectivity index (χ1n) is 4.17. The lowest BCUT2D eigenvalue weighted by atomic mass is 10.2. The zero-order valence-corrected chi connectivity index (χ0v) is 8.75. The number of benzene rings is 1. The number of amides is 2. The molecule has 1 aromatic rings. The number of nitrogens with two attached hydrogens (primary N) is 1. The highest BCUT2D eigenvalue weighted by Gasteiger charge is 2.15. The highest BCUT2D eigenvalue weighted by molar-refractivity contribution is 6.33. The number of hydrogen-bond donors (Lipinski definition) is 2. The number of carbonyl (C=O) groups is 2. The van der Waals surface area contributed by atoms with Crippen molar-refractivity contribution in [2.75, 3.05) is 6.61 Å². The summed E-state index contributed by atoms with van der Waals surface area (Å²) < 4.78 is 13.2. The smallest absolute Gasteiger partial charge is 0.279 e. The third-order valence-electron chi connectivity index (χ3n) is 1.57. The number of nitrogens with one attached hydrogen (secondary N) is 1. The van der Waals surface area contributed by atoms with Crippen LogP contribution in [-0.2, 0) is 9.63 Å². The van der Waals surface area contributed by atoms with Gasteiger partial charge in [0.05, 0.1) is 10.6 Å². The maximum Gasteiger partial charge on any atom is 0.279 e. The van der Waals surface area contributed by atoms with Crippen molar-refractivity contribution in [3.63, 3.8) is 0 Å². The second-order valence-corrected chi connectivity index (χ2v) is 3.19. The van der Waals surface area contributed by atoms with Crippen LogP contribution in [0.2, 0.25) is 5.02 Å². The summed E-state index contributed by atoms with van der Waals surface area (Å²) >= 11 is 5.62. The van der Waals surface area contributed by atoms with E-state index in [1.807, 2.05) is 5.48 Å². The van der Waals surface area contributed by atoms with E-state index < -0.39 is 24.2 Å². The fraction of sp³-hybridized carbons (Fsp3) is 0.111. The van der Waals surface area contributed by atoms with Crippen LogP contribution in [-0.4, -0.2) is 18.4 Å². The molecule has 0 radical (unpaired) electrons. The number of carbonyl (C=O) groups excluding carboxylic acids is 2.